The predicted octanol–water partition coefficient (Wildman–Crippen LogP) is 2.39. The first kappa shape index (κ1) is 17.4. The molecule has 0 bridgehead atoms. The smallest absolute Gasteiger partial charge is 0.188 e. The Balaban J connectivity index is 0.00000220. The van der Waals surface area contributed by atoms with Crippen molar-refractivity contribution in [1.82, 2.24) is 10.3 Å². The minimum atomic E-state index is 0. The van der Waals surface area contributed by atoms with E-state index in [0.29, 0.717) is 12.5 Å². The van der Waals surface area contributed by atoms with Crippen molar-refractivity contribution in [1.29, 1.82) is 0 Å². The minimum absolute atomic E-state index is 0. The number of hydrogen-bond acceptors (Lipinski definition) is 2. The van der Waals surface area contributed by atoms with E-state index in [0.717, 1.165) is 25.1 Å². The fraction of sp³-hybridized carbons (Fsp3) is 0.250. The summed E-state index contributed by atoms with van der Waals surface area (Å²) in [7, 11) is 0. The summed E-state index contributed by atoms with van der Waals surface area (Å²) in [4.78, 5) is 8.54. The van der Waals surface area contributed by atoms with E-state index in [1.807, 2.05) is 36.4 Å². The van der Waals surface area contributed by atoms with Gasteiger partial charge in [-0.05, 0) is 24.1 Å². The molecule has 0 aliphatic rings. The van der Waals surface area contributed by atoms with Gasteiger partial charge < -0.3 is 11.1 Å². The van der Waals surface area contributed by atoms with Crippen LogP contribution in [0.3, 0.4) is 0 Å². The summed E-state index contributed by atoms with van der Waals surface area (Å²) in [6.45, 7) is 1.45. The zero-order chi connectivity index (χ0) is 14.0. The normalized spacial score (nSPS) is 10.8. The van der Waals surface area contributed by atoms with Gasteiger partial charge in [-0.2, -0.15) is 0 Å². The molecule has 0 spiro atoms. The maximum absolute atomic E-state index is 5.82. The van der Waals surface area contributed by atoms with Crippen molar-refractivity contribution in [2.45, 2.75) is 12.8 Å². The summed E-state index contributed by atoms with van der Waals surface area (Å²) in [5.74, 6) is 0.497. The van der Waals surface area contributed by atoms with Gasteiger partial charge in [0.2, 0.25) is 0 Å². The molecule has 21 heavy (non-hydrogen) atoms. The molecular weight excluding hydrogens is 375 g/mol. The van der Waals surface area contributed by atoms with E-state index in [9.17, 15) is 0 Å². The number of nitrogens with one attached hydrogen (secondary N) is 1. The van der Waals surface area contributed by atoms with Gasteiger partial charge in [-0.25, -0.2) is 0 Å². The van der Waals surface area contributed by atoms with Gasteiger partial charge in [-0.15, -0.1) is 24.0 Å². The highest BCUT2D eigenvalue weighted by molar-refractivity contribution is 14.0. The Labute approximate surface area is 142 Å². The first-order valence-corrected chi connectivity index (χ1v) is 6.82. The van der Waals surface area contributed by atoms with E-state index in [1.54, 1.807) is 6.20 Å². The quantitative estimate of drug-likeness (QED) is 0.448. The SMILES string of the molecule is I.NC(=NCCc1ccccn1)NCCc1ccccc1. The number of hydrogen-bond donors (Lipinski definition) is 2. The van der Waals surface area contributed by atoms with Crippen LogP contribution in [0, 0.1) is 0 Å². The monoisotopic (exact) mass is 396 g/mol. The Morgan fingerprint density at radius 2 is 1.81 bits per heavy atom. The molecule has 2 rings (SSSR count). The number of benzene rings is 1. The number of aliphatic imine (C=N–C) groups is 1. The minimum Gasteiger partial charge on any atom is -0.370 e. The highest BCUT2D eigenvalue weighted by atomic mass is 127. The number of nitrogens with two attached hydrogens (primary N) is 1. The van der Waals surface area contributed by atoms with E-state index < -0.39 is 0 Å². The third kappa shape index (κ3) is 7.08. The van der Waals surface area contributed by atoms with Crippen LogP contribution in [-0.4, -0.2) is 24.0 Å². The topological polar surface area (TPSA) is 63.3 Å². The van der Waals surface area contributed by atoms with Gasteiger partial charge in [-0.1, -0.05) is 36.4 Å². The molecular formula is C16H21IN4. The molecule has 0 radical (unpaired) electrons. The third-order valence-corrected chi connectivity index (χ3v) is 2.94. The molecule has 1 heterocycles. The van der Waals surface area contributed by atoms with Crippen LogP contribution in [0.15, 0.2) is 59.7 Å². The maximum Gasteiger partial charge on any atom is 0.188 e. The largest absolute Gasteiger partial charge is 0.370 e. The Bertz CT molecular complexity index is 528. The summed E-state index contributed by atoms with van der Waals surface area (Å²) >= 11 is 0. The van der Waals surface area contributed by atoms with Crippen molar-refractivity contribution < 1.29 is 0 Å². The van der Waals surface area contributed by atoms with Crippen molar-refractivity contribution >= 4 is 29.9 Å². The number of rotatable bonds is 6. The van der Waals surface area contributed by atoms with Crippen LogP contribution >= 0.6 is 24.0 Å². The molecule has 0 aliphatic carbocycles. The van der Waals surface area contributed by atoms with Crippen molar-refractivity contribution in [3.63, 3.8) is 0 Å². The molecule has 0 saturated heterocycles. The number of halogens is 1. The first-order valence-electron chi connectivity index (χ1n) is 6.82. The lowest BCUT2D eigenvalue weighted by Crippen LogP contribution is -2.33. The summed E-state index contributed by atoms with van der Waals surface area (Å²) in [5.41, 5.74) is 8.15. The standard InChI is InChI=1S/C16H20N4.HI/c17-16(19-12-9-14-6-2-1-3-7-14)20-13-10-15-8-4-5-11-18-15;/h1-8,11H,9-10,12-13H2,(H3,17,19,20);1H. The van der Waals surface area contributed by atoms with Gasteiger partial charge in [0, 0.05) is 31.4 Å². The molecule has 0 aliphatic heterocycles. The van der Waals surface area contributed by atoms with Crippen LogP contribution in [0.4, 0.5) is 0 Å². The van der Waals surface area contributed by atoms with Gasteiger partial charge in [0.15, 0.2) is 5.96 Å². The molecule has 0 saturated carbocycles. The van der Waals surface area contributed by atoms with Crippen molar-refractivity contribution in [2.75, 3.05) is 13.1 Å². The lowest BCUT2D eigenvalue weighted by atomic mass is 10.1. The number of nitrogens with zero attached hydrogens (tertiary/aromatic N) is 2. The van der Waals surface area contributed by atoms with Gasteiger partial charge in [0.1, 0.15) is 0 Å². The average molecular weight is 396 g/mol. The molecule has 0 fully saturated rings. The molecule has 0 atom stereocenters. The Morgan fingerprint density at radius 1 is 1.05 bits per heavy atom. The molecule has 2 aromatic rings. The van der Waals surface area contributed by atoms with Crippen LogP contribution in [0.1, 0.15) is 11.3 Å². The molecule has 3 N–H and O–H groups in total. The fourth-order valence-corrected chi connectivity index (χ4v) is 1.87. The molecule has 0 amide bonds. The van der Waals surface area contributed by atoms with Crippen LogP contribution in [-0.2, 0) is 12.8 Å². The summed E-state index contributed by atoms with van der Waals surface area (Å²) in [6.07, 6.45) is 3.54. The number of aromatic nitrogens is 1. The predicted molar refractivity (Wildman–Crippen MR) is 98.0 cm³/mol. The second kappa shape index (κ2) is 10.1. The zero-order valence-electron chi connectivity index (χ0n) is 11.9. The average Bonchev–Trinajstić information content (AvgIpc) is 2.49. The van der Waals surface area contributed by atoms with Gasteiger partial charge in [0.25, 0.3) is 0 Å². The van der Waals surface area contributed by atoms with Crippen LogP contribution in [0.5, 0.6) is 0 Å². The summed E-state index contributed by atoms with van der Waals surface area (Å²) in [5, 5.41) is 3.12. The van der Waals surface area contributed by atoms with E-state index in [4.69, 9.17) is 5.73 Å². The molecule has 5 heteroatoms. The fourth-order valence-electron chi connectivity index (χ4n) is 1.87. The first-order chi connectivity index (χ1) is 9.84. The summed E-state index contributed by atoms with van der Waals surface area (Å²) in [6, 6.07) is 16.2. The van der Waals surface area contributed by atoms with Crippen molar-refractivity contribution in [2.24, 2.45) is 10.7 Å². The van der Waals surface area contributed by atoms with Crippen molar-refractivity contribution in [3.05, 3.63) is 66.0 Å². The van der Waals surface area contributed by atoms with Gasteiger partial charge in [-0.3, -0.25) is 9.98 Å². The Kier molecular flexibility index (Phi) is 8.42. The van der Waals surface area contributed by atoms with Crippen LogP contribution in [0.25, 0.3) is 0 Å². The number of guanidine groups is 1. The zero-order valence-corrected chi connectivity index (χ0v) is 14.2. The molecule has 1 aromatic carbocycles. The highest BCUT2D eigenvalue weighted by Gasteiger charge is 1.95. The van der Waals surface area contributed by atoms with Crippen LogP contribution < -0.4 is 11.1 Å². The Hall–Kier alpha value is -1.63. The van der Waals surface area contributed by atoms with Crippen LogP contribution in [0.2, 0.25) is 0 Å². The third-order valence-electron chi connectivity index (χ3n) is 2.94. The summed E-state index contributed by atoms with van der Waals surface area (Å²) < 4.78 is 0. The van der Waals surface area contributed by atoms with E-state index in [-0.39, 0.29) is 24.0 Å². The van der Waals surface area contributed by atoms with E-state index >= 15 is 0 Å². The molecule has 0 unspecified atom stereocenters. The van der Waals surface area contributed by atoms with E-state index in [2.05, 4.69) is 27.4 Å². The lowest BCUT2D eigenvalue weighted by molar-refractivity contribution is 0.840. The molecule has 112 valence electrons. The second-order valence-corrected chi connectivity index (χ2v) is 4.50. The molecule has 4 nitrogen and oxygen atoms in total. The number of pyridine rings is 1. The van der Waals surface area contributed by atoms with Crippen molar-refractivity contribution in [3.8, 4) is 0 Å². The highest BCUT2D eigenvalue weighted by Crippen LogP contribution is 1.98. The van der Waals surface area contributed by atoms with Gasteiger partial charge in [0.05, 0.1) is 0 Å². The van der Waals surface area contributed by atoms with Gasteiger partial charge >= 0.3 is 0 Å². The maximum atomic E-state index is 5.82. The van der Waals surface area contributed by atoms with E-state index in [1.165, 1.54) is 5.56 Å². The molecule has 1 aromatic heterocycles. The second-order valence-electron chi connectivity index (χ2n) is 4.50. The Morgan fingerprint density at radius 3 is 2.52 bits per heavy atom. The lowest BCUT2D eigenvalue weighted by Gasteiger charge is -2.05.